The molecule has 2 aromatic rings. The van der Waals surface area contributed by atoms with Crippen molar-refractivity contribution in [2.24, 2.45) is 0 Å². The van der Waals surface area contributed by atoms with Gasteiger partial charge < -0.3 is 5.32 Å². The standard InChI is InChI=1S/C17H12ClFN2O2S/c1-9(22)16-13(19)6-11(18)7-14(16)21-17(23)12-5-10(8-20)3-4-15(12)24-2/h3-7H,1-2H3,(H,21,23). The summed E-state index contributed by atoms with van der Waals surface area (Å²) in [5.74, 6) is -1.89. The summed E-state index contributed by atoms with van der Waals surface area (Å²) in [6.07, 6.45) is 1.79. The molecule has 7 heteroatoms. The zero-order valence-electron chi connectivity index (χ0n) is 12.8. The number of halogens is 2. The number of nitrogens with zero attached hydrogens (tertiary/aromatic N) is 1. The molecule has 2 rings (SSSR count). The van der Waals surface area contributed by atoms with E-state index in [9.17, 15) is 14.0 Å². The predicted octanol–water partition coefficient (Wildman–Crippen LogP) is 4.53. The number of nitrogens with one attached hydrogen (secondary N) is 1. The Hall–Kier alpha value is -2.36. The third-order valence-corrected chi connectivity index (χ3v) is 4.24. The van der Waals surface area contributed by atoms with Crippen LogP contribution in [0.25, 0.3) is 0 Å². The third kappa shape index (κ3) is 3.75. The Labute approximate surface area is 147 Å². The number of rotatable bonds is 4. The van der Waals surface area contributed by atoms with E-state index in [2.05, 4.69) is 5.32 Å². The van der Waals surface area contributed by atoms with Gasteiger partial charge in [0, 0.05) is 9.92 Å². The Morgan fingerprint density at radius 3 is 2.58 bits per heavy atom. The van der Waals surface area contributed by atoms with Crippen LogP contribution in [0, 0.1) is 17.1 Å². The van der Waals surface area contributed by atoms with Crippen LogP contribution in [0.1, 0.15) is 33.2 Å². The lowest BCUT2D eigenvalue weighted by atomic mass is 10.1. The van der Waals surface area contributed by atoms with Gasteiger partial charge in [-0.2, -0.15) is 5.26 Å². The van der Waals surface area contributed by atoms with Crippen molar-refractivity contribution in [3.63, 3.8) is 0 Å². The smallest absolute Gasteiger partial charge is 0.256 e. The summed E-state index contributed by atoms with van der Waals surface area (Å²) in [5, 5.41) is 11.6. The molecular formula is C17H12ClFN2O2S. The number of ketones is 1. The quantitative estimate of drug-likeness (QED) is 0.641. The van der Waals surface area contributed by atoms with Crippen LogP contribution in [-0.4, -0.2) is 17.9 Å². The number of nitriles is 1. The molecule has 0 heterocycles. The highest BCUT2D eigenvalue weighted by Crippen LogP contribution is 2.27. The molecule has 0 unspecified atom stereocenters. The summed E-state index contributed by atoms with van der Waals surface area (Å²) in [6.45, 7) is 1.20. The molecule has 0 aliphatic carbocycles. The van der Waals surface area contributed by atoms with Crippen molar-refractivity contribution in [2.75, 3.05) is 11.6 Å². The van der Waals surface area contributed by atoms with Crippen molar-refractivity contribution in [1.29, 1.82) is 5.26 Å². The molecule has 0 aromatic heterocycles. The molecule has 2 aromatic carbocycles. The Morgan fingerprint density at radius 1 is 1.29 bits per heavy atom. The van der Waals surface area contributed by atoms with Gasteiger partial charge in [-0.15, -0.1) is 11.8 Å². The highest BCUT2D eigenvalue weighted by Gasteiger charge is 2.19. The fourth-order valence-corrected chi connectivity index (χ4v) is 2.96. The van der Waals surface area contributed by atoms with E-state index in [0.717, 1.165) is 6.07 Å². The molecule has 0 radical (unpaired) electrons. The average Bonchev–Trinajstić information content (AvgIpc) is 2.52. The number of carbonyl (C=O) groups is 2. The van der Waals surface area contributed by atoms with E-state index in [-0.39, 0.29) is 21.8 Å². The lowest BCUT2D eigenvalue weighted by Crippen LogP contribution is -2.16. The first-order valence-corrected chi connectivity index (χ1v) is 8.37. The molecule has 0 atom stereocenters. The van der Waals surface area contributed by atoms with Crippen molar-refractivity contribution in [2.45, 2.75) is 11.8 Å². The van der Waals surface area contributed by atoms with Gasteiger partial charge in [0.05, 0.1) is 28.4 Å². The molecule has 122 valence electrons. The van der Waals surface area contributed by atoms with Crippen LogP contribution in [0.3, 0.4) is 0 Å². The number of thioether (sulfide) groups is 1. The summed E-state index contributed by atoms with van der Waals surface area (Å²) >= 11 is 7.15. The molecule has 1 N–H and O–H groups in total. The van der Waals surface area contributed by atoms with Crippen LogP contribution in [-0.2, 0) is 0 Å². The Bertz CT molecular complexity index is 878. The van der Waals surface area contributed by atoms with E-state index in [0.29, 0.717) is 10.5 Å². The van der Waals surface area contributed by atoms with Crippen LogP contribution in [0.5, 0.6) is 0 Å². The Morgan fingerprint density at radius 2 is 2.00 bits per heavy atom. The number of hydrogen-bond donors (Lipinski definition) is 1. The van der Waals surface area contributed by atoms with Gasteiger partial charge >= 0.3 is 0 Å². The van der Waals surface area contributed by atoms with Crippen molar-refractivity contribution < 1.29 is 14.0 Å². The van der Waals surface area contributed by atoms with E-state index in [1.807, 2.05) is 6.07 Å². The molecular weight excluding hydrogens is 351 g/mol. The maximum atomic E-state index is 14.0. The second-order valence-electron chi connectivity index (χ2n) is 4.85. The molecule has 0 saturated heterocycles. The Kier molecular flexibility index (Phi) is 5.60. The first kappa shape index (κ1) is 18.0. The SMILES string of the molecule is CSc1ccc(C#N)cc1C(=O)Nc1cc(Cl)cc(F)c1C(C)=O. The minimum atomic E-state index is -0.804. The first-order valence-electron chi connectivity index (χ1n) is 6.76. The van der Waals surface area contributed by atoms with E-state index in [4.69, 9.17) is 16.9 Å². The van der Waals surface area contributed by atoms with Crippen molar-refractivity contribution in [3.8, 4) is 6.07 Å². The summed E-state index contributed by atoms with van der Waals surface area (Å²) in [5.41, 5.74) is 0.334. The highest BCUT2D eigenvalue weighted by atomic mass is 35.5. The highest BCUT2D eigenvalue weighted by molar-refractivity contribution is 7.98. The molecule has 4 nitrogen and oxygen atoms in total. The molecule has 24 heavy (non-hydrogen) atoms. The van der Waals surface area contributed by atoms with Crippen molar-refractivity contribution in [3.05, 3.63) is 57.9 Å². The molecule has 0 aliphatic rings. The lowest BCUT2D eigenvalue weighted by Gasteiger charge is -2.12. The van der Waals surface area contributed by atoms with Crippen LogP contribution in [0.4, 0.5) is 10.1 Å². The number of hydrogen-bond acceptors (Lipinski definition) is 4. The van der Waals surface area contributed by atoms with Gasteiger partial charge in [0.2, 0.25) is 0 Å². The second-order valence-corrected chi connectivity index (χ2v) is 6.13. The maximum Gasteiger partial charge on any atom is 0.256 e. The van der Waals surface area contributed by atoms with Crippen molar-refractivity contribution in [1.82, 2.24) is 0 Å². The van der Waals surface area contributed by atoms with Crippen LogP contribution < -0.4 is 5.32 Å². The number of carbonyl (C=O) groups excluding carboxylic acids is 2. The molecule has 0 bridgehead atoms. The van der Waals surface area contributed by atoms with Crippen LogP contribution in [0.2, 0.25) is 5.02 Å². The van der Waals surface area contributed by atoms with E-state index < -0.39 is 17.5 Å². The van der Waals surface area contributed by atoms with Gasteiger partial charge in [-0.25, -0.2) is 4.39 Å². The van der Waals surface area contributed by atoms with Crippen molar-refractivity contribution >= 4 is 40.7 Å². The number of benzene rings is 2. The van der Waals surface area contributed by atoms with E-state index in [1.165, 1.54) is 30.8 Å². The molecule has 0 fully saturated rings. The summed E-state index contributed by atoms with van der Waals surface area (Å²) in [6, 6.07) is 8.98. The monoisotopic (exact) mass is 362 g/mol. The second kappa shape index (κ2) is 7.47. The zero-order valence-corrected chi connectivity index (χ0v) is 14.4. The van der Waals surface area contributed by atoms with Gasteiger partial charge in [0.1, 0.15) is 5.82 Å². The summed E-state index contributed by atoms with van der Waals surface area (Å²) in [4.78, 5) is 24.9. The zero-order chi connectivity index (χ0) is 17.9. The lowest BCUT2D eigenvalue weighted by molar-refractivity contribution is 0.101. The largest absolute Gasteiger partial charge is 0.321 e. The normalized spacial score (nSPS) is 10.1. The molecule has 1 amide bonds. The minimum Gasteiger partial charge on any atom is -0.321 e. The third-order valence-electron chi connectivity index (χ3n) is 3.23. The first-order chi connectivity index (χ1) is 11.4. The summed E-state index contributed by atoms with van der Waals surface area (Å²) < 4.78 is 14.0. The van der Waals surface area contributed by atoms with Crippen LogP contribution >= 0.6 is 23.4 Å². The average molecular weight is 363 g/mol. The number of amides is 1. The summed E-state index contributed by atoms with van der Waals surface area (Å²) in [7, 11) is 0. The van der Waals surface area contributed by atoms with E-state index >= 15 is 0 Å². The van der Waals surface area contributed by atoms with Gasteiger partial charge in [0.25, 0.3) is 5.91 Å². The fraction of sp³-hybridized carbons (Fsp3) is 0.118. The maximum absolute atomic E-state index is 14.0. The number of Topliss-reactive ketones (excluding diaryl/α,β-unsaturated/α-hetero) is 1. The number of anilines is 1. The van der Waals surface area contributed by atoms with Gasteiger partial charge in [0.15, 0.2) is 5.78 Å². The Balaban J connectivity index is 2.48. The van der Waals surface area contributed by atoms with Gasteiger partial charge in [-0.1, -0.05) is 11.6 Å². The minimum absolute atomic E-state index is 0.00749. The van der Waals surface area contributed by atoms with E-state index in [1.54, 1.807) is 18.4 Å². The topological polar surface area (TPSA) is 70.0 Å². The van der Waals surface area contributed by atoms with Gasteiger partial charge in [-0.05, 0) is 43.5 Å². The van der Waals surface area contributed by atoms with Gasteiger partial charge in [-0.3, -0.25) is 9.59 Å². The predicted molar refractivity (Wildman–Crippen MR) is 92.3 cm³/mol. The fourth-order valence-electron chi connectivity index (χ4n) is 2.17. The molecule has 0 saturated carbocycles. The molecule has 0 spiro atoms. The van der Waals surface area contributed by atoms with Crippen LogP contribution in [0.15, 0.2) is 35.2 Å². The molecule has 0 aliphatic heterocycles.